The van der Waals surface area contributed by atoms with Crippen LogP contribution in [0.15, 0.2) is 22.4 Å². The fraction of sp³-hybridized carbons (Fsp3) is 0.429. The van der Waals surface area contributed by atoms with E-state index in [-0.39, 0.29) is 12.2 Å². The van der Waals surface area contributed by atoms with E-state index in [0.717, 1.165) is 4.48 Å². The number of nitrogens with zero attached hydrogens (tertiary/aromatic N) is 1. The van der Waals surface area contributed by atoms with Crippen molar-refractivity contribution in [2.24, 2.45) is 0 Å². The molecule has 12 heavy (non-hydrogen) atoms. The Balaban J connectivity index is 3.04. The van der Waals surface area contributed by atoms with E-state index in [1.165, 1.54) is 13.0 Å². The molecule has 0 saturated carbocycles. The predicted molar refractivity (Wildman–Crippen MR) is 47.7 cm³/mol. The third-order valence-electron chi connectivity index (χ3n) is 1.89. The first-order chi connectivity index (χ1) is 5.47. The van der Waals surface area contributed by atoms with E-state index in [0.29, 0.717) is 0 Å². The Labute approximate surface area is 77.9 Å². The normalized spacial score (nSPS) is 29.2. The Kier molecular flexibility index (Phi) is 2.23. The Hall–Kier alpha value is -0.840. The van der Waals surface area contributed by atoms with Gasteiger partial charge in [0.1, 0.15) is 0 Å². The summed E-state index contributed by atoms with van der Waals surface area (Å²) in [5.74, 6) is -0.198. The molecule has 0 fully saturated rings. The van der Waals surface area contributed by atoms with Gasteiger partial charge in [-0.15, -0.1) is 0 Å². The molecule has 5 heteroatoms. The number of halogens is 1. The van der Waals surface area contributed by atoms with Gasteiger partial charge in [-0.2, -0.15) is 0 Å². The topological polar surface area (TPSA) is 63.4 Å². The van der Waals surface area contributed by atoms with Crippen LogP contribution >= 0.6 is 15.9 Å². The summed E-state index contributed by atoms with van der Waals surface area (Å²) in [7, 11) is 0. The molecular formula is C7H8BrNO3. The molecule has 0 bridgehead atoms. The van der Waals surface area contributed by atoms with Crippen LogP contribution in [0.4, 0.5) is 0 Å². The number of aliphatic hydroxyl groups excluding tert-OH is 1. The van der Waals surface area contributed by atoms with Gasteiger partial charge in [-0.05, 0) is 12.2 Å². The minimum absolute atomic E-state index is 0.197. The molecule has 0 aromatic carbocycles. The second kappa shape index (κ2) is 2.90. The summed E-state index contributed by atoms with van der Waals surface area (Å²) in [6, 6.07) is 0. The molecule has 0 saturated heterocycles. The lowest BCUT2D eigenvalue weighted by Crippen LogP contribution is -2.38. The van der Waals surface area contributed by atoms with E-state index >= 15 is 0 Å². The number of nitro groups is 1. The predicted octanol–water partition coefficient (Wildman–Crippen LogP) is 2.15. The third kappa shape index (κ3) is 1.36. The maximum atomic E-state index is 10.6. The third-order valence-corrected chi connectivity index (χ3v) is 2.43. The molecule has 66 valence electrons. The fourth-order valence-corrected chi connectivity index (χ4v) is 1.66. The van der Waals surface area contributed by atoms with Gasteiger partial charge in [-0.25, -0.2) is 0 Å². The van der Waals surface area contributed by atoms with E-state index < -0.39 is 10.5 Å². The smallest absolute Gasteiger partial charge is 0.279 e. The van der Waals surface area contributed by atoms with Crippen molar-refractivity contribution in [1.82, 2.24) is 0 Å². The Morgan fingerprint density at radius 3 is 2.75 bits per heavy atom. The van der Waals surface area contributed by atoms with Gasteiger partial charge in [0.2, 0.25) is 0 Å². The second-order valence-electron chi connectivity index (χ2n) is 2.87. The van der Waals surface area contributed by atoms with Gasteiger partial charge in [0, 0.05) is 16.3 Å². The molecule has 1 aliphatic carbocycles. The van der Waals surface area contributed by atoms with E-state index in [1.54, 1.807) is 6.08 Å². The zero-order valence-corrected chi connectivity index (χ0v) is 8.04. The molecule has 1 N–H and O–H groups in total. The van der Waals surface area contributed by atoms with Crippen LogP contribution in [0.3, 0.4) is 0 Å². The lowest BCUT2D eigenvalue weighted by molar-refractivity contribution is -0.557. The molecule has 0 aliphatic heterocycles. The largest absolute Gasteiger partial charge is 0.505 e. The van der Waals surface area contributed by atoms with Gasteiger partial charge >= 0.3 is 0 Å². The highest BCUT2D eigenvalue weighted by atomic mass is 79.9. The Bertz CT molecular complexity index is 284. The number of aliphatic hydroxyl groups is 1. The fourth-order valence-electron chi connectivity index (χ4n) is 0.985. The summed E-state index contributed by atoms with van der Waals surface area (Å²) < 4.78 is 0.722. The average Bonchev–Trinajstić information content (AvgIpc) is 1.97. The van der Waals surface area contributed by atoms with Gasteiger partial charge < -0.3 is 5.11 Å². The highest BCUT2D eigenvalue weighted by Gasteiger charge is 2.43. The van der Waals surface area contributed by atoms with Crippen molar-refractivity contribution in [3.63, 3.8) is 0 Å². The summed E-state index contributed by atoms with van der Waals surface area (Å²) in [5, 5.41) is 19.9. The lowest BCUT2D eigenvalue weighted by atomic mass is 9.92. The summed E-state index contributed by atoms with van der Waals surface area (Å²) >= 11 is 3.16. The maximum absolute atomic E-state index is 10.6. The highest BCUT2D eigenvalue weighted by molar-refractivity contribution is 9.11. The van der Waals surface area contributed by atoms with Crippen LogP contribution in [0.1, 0.15) is 13.3 Å². The molecule has 0 spiro atoms. The van der Waals surface area contributed by atoms with Crippen molar-refractivity contribution in [2.45, 2.75) is 18.9 Å². The van der Waals surface area contributed by atoms with Crippen molar-refractivity contribution in [1.29, 1.82) is 0 Å². The maximum Gasteiger partial charge on any atom is 0.279 e. The molecule has 0 heterocycles. The van der Waals surface area contributed by atoms with Crippen LogP contribution in [-0.2, 0) is 0 Å². The van der Waals surface area contributed by atoms with E-state index in [1.807, 2.05) is 0 Å². The minimum atomic E-state index is -1.37. The van der Waals surface area contributed by atoms with Crippen LogP contribution in [0.25, 0.3) is 0 Å². The van der Waals surface area contributed by atoms with Crippen molar-refractivity contribution in [3.05, 3.63) is 32.5 Å². The first kappa shape index (κ1) is 9.25. The van der Waals surface area contributed by atoms with Crippen molar-refractivity contribution in [3.8, 4) is 0 Å². The number of hydrogen-bond acceptors (Lipinski definition) is 3. The van der Waals surface area contributed by atoms with Gasteiger partial charge in [-0.3, -0.25) is 10.1 Å². The first-order valence-corrected chi connectivity index (χ1v) is 4.16. The SMILES string of the molecule is CC1([N+](=O)[O-])CC(Br)=CC=C1O. The number of hydrogen-bond donors (Lipinski definition) is 1. The van der Waals surface area contributed by atoms with Crippen LogP contribution in [0.5, 0.6) is 0 Å². The van der Waals surface area contributed by atoms with E-state index in [4.69, 9.17) is 0 Å². The van der Waals surface area contributed by atoms with Crippen LogP contribution in [-0.4, -0.2) is 15.6 Å². The van der Waals surface area contributed by atoms with E-state index in [9.17, 15) is 15.2 Å². The molecule has 1 aliphatic rings. The molecule has 1 atom stereocenters. The number of allylic oxidation sites excluding steroid dienone is 2. The molecule has 4 nitrogen and oxygen atoms in total. The average molecular weight is 234 g/mol. The van der Waals surface area contributed by atoms with Crippen LogP contribution in [0, 0.1) is 10.1 Å². The van der Waals surface area contributed by atoms with Gasteiger partial charge in [0.25, 0.3) is 5.54 Å². The molecule has 0 radical (unpaired) electrons. The quantitative estimate of drug-likeness (QED) is 0.558. The van der Waals surface area contributed by atoms with Gasteiger partial charge in [-0.1, -0.05) is 15.9 Å². The van der Waals surface area contributed by atoms with Crippen molar-refractivity contribution in [2.75, 3.05) is 0 Å². The molecule has 0 amide bonds. The summed E-state index contributed by atoms with van der Waals surface area (Å²) in [4.78, 5) is 10.1. The first-order valence-electron chi connectivity index (χ1n) is 3.37. The summed E-state index contributed by atoms with van der Waals surface area (Å²) in [5.41, 5.74) is -1.37. The van der Waals surface area contributed by atoms with Crippen LogP contribution < -0.4 is 0 Å². The lowest BCUT2D eigenvalue weighted by Gasteiger charge is -2.22. The van der Waals surface area contributed by atoms with Crippen molar-refractivity contribution >= 4 is 15.9 Å². The molecular weight excluding hydrogens is 226 g/mol. The minimum Gasteiger partial charge on any atom is -0.505 e. The Morgan fingerprint density at radius 1 is 1.75 bits per heavy atom. The van der Waals surface area contributed by atoms with E-state index in [2.05, 4.69) is 15.9 Å². The zero-order chi connectivity index (χ0) is 9.35. The number of rotatable bonds is 1. The molecule has 0 aromatic rings. The van der Waals surface area contributed by atoms with Crippen molar-refractivity contribution < 1.29 is 10.0 Å². The standard InChI is InChI=1S/C7H8BrNO3/c1-7(9(11)12)4-5(8)2-3-6(7)10/h2-3,10H,4H2,1H3. The van der Waals surface area contributed by atoms with Gasteiger partial charge in [0.05, 0.1) is 6.42 Å². The Morgan fingerprint density at radius 2 is 2.33 bits per heavy atom. The summed E-state index contributed by atoms with van der Waals surface area (Å²) in [6.07, 6.45) is 3.15. The molecule has 0 aromatic heterocycles. The second-order valence-corrected chi connectivity index (χ2v) is 3.89. The zero-order valence-electron chi connectivity index (χ0n) is 6.45. The molecule has 1 rings (SSSR count). The van der Waals surface area contributed by atoms with Gasteiger partial charge in [0.15, 0.2) is 5.76 Å². The highest BCUT2D eigenvalue weighted by Crippen LogP contribution is 2.32. The summed E-state index contributed by atoms with van der Waals surface area (Å²) in [6.45, 7) is 1.40. The molecule has 1 unspecified atom stereocenters. The monoisotopic (exact) mass is 233 g/mol. The van der Waals surface area contributed by atoms with Crippen LogP contribution in [0.2, 0.25) is 0 Å².